The Bertz CT molecular complexity index is 612. The zero-order valence-corrected chi connectivity index (χ0v) is 11.9. The molecule has 0 atom stereocenters. The third-order valence-electron chi connectivity index (χ3n) is 4.31. The van der Waals surface area contributed by atoms with Gasteiger partial charge in [0.25, 0.3) is 0 Å². The van der Waals surface area contributed by atoms with Crippen LogP contribution in [0.25, 0.3) is 10.9 Å². The fourth-order valence-corrected chi connectivity index (χ4v) is 2.71. The molecule has 0 radical (unpaired) electrons. The van der Waals surface area contributed by atoms with Gasteiger partial charge in [0.1, 0.15) is 5.82 Å². The molecule has 1 aliphatic heterocycles. The summed E-state index contributed by atoms with van der Waals surface area (Å²) in [5.41, 5.74) is 8.59. The van der Waals surface area contributed by atoms with Crippen molar-refractivity contribution in [2.75, 3.05) is 18.0 Å². The first-order chi connectivity index (χ1) is 8.99. The van der Waals surface area contributed by atoms with Crippen LogP contribution in [0.15, 0.2) is 30.3 Å². The number of benzene rings is 1. The van der Waals surface area contributed by atoms with Gasteiger partial charge in [0.2, 0.25) is 0 Å². The molecule has 3 nitrogen and oxygen atoms in total. The molecule has 1 fully saturated rings. The van der Waals surface area contributed by atoms with E-state index in [0.29, 0.717) is 5.92 Å². The van der Waals surface area contributed by atoms with Crippen LogP contribution >= 0.6 is 0 Å². The van der Waals surface area contributed by atoms with Gasteiger partial charge in [-0.1, -0.05) is 32.0 Å². The zero-order chi connectivity index (χ0) is 13.6. The van der Waals surface area contributed by atoms with Crippen molar-refractivity contribution < 1.29 is 0 Å². The van der Waals surface area contributed by atoms with Gasteiger partial charge in [-0.2, -0.15) is 0 Å². The molecule has 0 amide bonds. The predicted octanol–water partition coefficient (Wildman–Crippen LogP) is 2.72. The first kappa shape index (κ1) is 12.4. The van der Waals surface area contributed by atoms with E-state index in [1.807, 2.05) is 6.07 Å². The number of nitrogens with two attached hydrogens (primary N) is 1. The van der Waals surface area contributed by atoms with Crippen LogP contribution in [-0.4, -0.2) is 23.6 Å². The summed E-state index contributed by atoms with van der Waals surface area (Å²) in [7, 11) is 0. The molecular weight excluding hydrogens is 234 g/mol. The monoisotopic (exact) mass is 255 g/mol. The van der Waals surface area contributed by atoms with Crippen molar-refractivity contribution in [2.45, 2.75) is 26.3 Å². The van der Waals surface area contributed by atoms with Gasteiger partial charge >= 0.3 is 0 Å². The summed E-state index contributed by atoms with van der Waals surface area (Å²) in [6, 6.07) is 10.5. The first-order valence-electron chi connectivity index (χ1n) is 6.90. The highest BCUT2D eigenvalue weighted by atomic mass is 15.3. The van der Waals surface area contributed by atoms with Gasteiger partial charge in [0.15, 0.2) is 0 Å². The summed E-state index contributed by atoms with van der Waals surface area (Å²) in [5.74, 6) is 1.59. The van der Waals surface area contributed by atoms with E-state index >= 15 is 0 Å². The predicted molar refractivity (Wildman–Crippen MR) is 80.4 cm³/mol. The number of hydrogen-bond donors (Lipinski definition) is 1. The van der Waals surface area contributed by atoms with E-state index in [1.54, 1.807) is 0 Å². The SMILES string of the molecule is Cc1cc2ccccc2nc1N1CC(N)(C(C)C)C1. The fourth-order valence-electron chi connectivity index (χ4n) is 2.71. The molecule has 0 bridgehead atoms. The van der Waals surface area contributed by atoms with Gasteiger partial charge in [0, 0.05) is 18.5 Å². The Kier molecular flexibility index (Phi) is 2.75. The molecule has 0 unspecified atom stereocenters. The fraction of sp³-hybridized carbons (Fsp3) is 0.438. The van der Waals surface area contributed by atoms with Crippen LogP contribution in [0.4, 0.5) is 5.82 Å². The highest BCUT2D eigenvalue weighted by molar-refractivity contribution is 5.82. The Morgan fingerprint density at radius 2 is 1.95 bits per heavy atom. The van der Waals surface area contributed by atoms with Crippen LogP contribution in [-0.2, 0) is 0 Å². The average molecular weight is 255 g/mol. The van der Waals surface area contributed by atoms with Crippen molar-refractivity contribution in [3.63, 3.8) is 0 Å². The number of fused-ring (bicyclic) bond motifs is 1. The van der Waals surface area contributed by atoms with Crippen molar-refractivity contribution >= 4 is 16.7 Å². The molecule has 2 heterocycles. The molecule has 3 heteroatoms. The van der Waals surface area contributed by atoms with Crippen molar-refractivity contribution in [1.82, 2.24) is 4.98 Å². The van der Waals surface area contributed by atoms with Crippen molar-refractivity contribution in [2.24, 2.45) is 11.7 Å². The van der Waals surface area contributed by atoms with Crippen molar-refractivity contribution in [1.29, 1.82) is 0 Å². The number of aromatic nitrogens is 1. The Morgan fingerprint density at radius 3 is 2.63 bits per heavy atom. The maximum atomic E-state index is 6.37. The van der Waals surface area contributed by atoms with Crippen LogP contribution in [0.2, 0.25) is 0 Å². The average Bonchev–Trinajstić information content (AvgIpc) is 2.34. The number of nitrogens with zero attached hydrogens (tertiary/aromatic N) is 2. The second-order valence-corrected chi connectivity index (χ2v) is 6.07. The van der Waals surface area contributed by atoms with E-state index < -0.39 is 0 Å². The molecule has 19 heavy (non-hydrogen) atoms. The number of anilines is 1. The van der Waals surface area contributed by atoms with Crippen LogP contribution < -0.4 is 10.6 Å². The Labute approximate surface area is 114 Å². The second-order valence-electron chi connectivity index (χ2n) is 6.07. The molecular formula is C16H21N3. The number of pyridine rings is 1. The number of rotatable bonds is 2. The minimum absolute atomic E-state index is 0.0558. The van der Waals surface area contributed by atoms with Crippen molar-refractivity contribution in [3.8, 4) is 0 Å². The van der Waals surface area contributed by atoms with Crippen molar-refractivity contribution in [3.05, 3.63) is 35.9 Å². The highest BCUT2D eigenvalue weighted by Gasteiger charge is 2.42. The van der Waals surface area contributed by atoms with E-state index in [0.717, 1.165) is 24.4 Å². The summed E-state index contributed by atoms with van der Waals surface area (Å²) in [5, 5.41) is 1.20. The third-order valence-corrected chi connectivity index (χ3v) is 4.31. The van der Waals surface area contributed by atoms with E-state index in [-0.39, 0.29) is 5.54 Å². The van der Waals surface area contributed by atoms with Crippen LogP contribution in [0.5, 0.6) is 0 Å². The van der Waals surface area contributed by atoms with E-state index in [4.69, 9.17) is 10.7 Å². The summed E-state index contributed by atoms with van der Waals surface area (Å²) in [6.07, 6.45) is 0. The van der Waals surface area contributed by atoms with Crippen LogP contribution in [0.3, 0.4) is 0 Å². The molecule has 2 N–H and O–H groups in total. The maximum Gasteiger partial charge on any atom is 0.132 e. The Balaban J connectivity index is 1.93. The summed E-state index contributed by atoms with van der Waals surface area (Å²) in [6.45, 7) is 8.31. The van der Waals surface area contributed by atoms with Gasteiger partial charge in [-0.15, -0.1) is 0 Å². The lowest BCUT2D eigenvalue weighted by atomic mass is 9.80. The number of para-hydroxylation sites is 1. The largest absolute Gasteiger partial charge is 0.353 e. The van der Waals surface area contributed by atoms with Crippen LogP contribution in [0.1, 0.15) is 19.4 Å². The minimum Gasteiger partial charge on any atom is -0.353 e. The summed E-state index contributed by atoms with van der Waals surface area (Å²) >= 11 is 0. The minimum atomic E-state index is -0.0558. The number of hydrogen-bond acceptors (Lipinski definition) is 3. The molecule has 0 saturated carbocycles. The highest BCUT2D eigenvalue weighted by Crippen LogP contribution is 2.32. The molecule has 1 aliphatic rings. The molecule has 0 aliphatic carbocycles. The van der Waals surface area contributed by atoms with E-state index in [1.165, 1.54) is 10.9 Å². The van der Waals surface area contributed by atoms with Gasteiger partial charge in [-0.05, 0) is 30.5 Å². The lowest BCUT2D eigenvalue weighted by molar-refractivity contribution is 0.243. The van der Waals surface area contributed by atoms with E-state index in [2.05, 4.69) is 49.9 Å². The Morgan fingerprint density at radius 1 is 1.26 bits per heavy atom. The van der Waals surface area contributed by atoms with E-state index in [9.17, 15) is 0 Å². The van der Waals surface area contributed by atoms with Gasteiger partial charge < -0.3 is 10.6 Å². The molecule has 1 saturated heterocycles. The molecule has 2 aromatic rings. The standard InChI is InChI=1S/C16H21N3/c1-11(2)16(17)9-19(10-16)15-12(3)8-13-6-4-5-7-14(13)18-15/h4-8,11H,9-10,17H2,1-3H3. The quantitative estimate of drug-likeness (QED) is 0.897. The maximum absolute atomic E-state index is 6.37. The van der Waals surface area contributed by atoms with Gasteiger partial charge in [-0.3, -0.25) is 0 Å². The normalized spacial score (nSPS) is 17.8. The second kappa shape index (κ2) is 4.20. The molecule has 100 valence electrons. The van der Waals surface area contributed by atoms with Gasteiger partial charge in [0.05, 0.1) is 11.1 Å². The Hall–Kier alpha value is -1.61. The smallest absolute Gasteiger partial charge is 0.132 e. The van der Waals surface area contributed by atoms with Gasteiger partial charge in [-0.25, -0.2) is 4.98 Å². The lowest BCUT2D eigenvalue weighted by Gasteiger charge is -2.51. The first-order valence-corrected chi connectivity index (χ1v) is 6.90. The topological polar surface area (TPSA) is 42.2 Å². The number of aryl methyl sites for hydroxylation is 1. The molecule has 3 rings (SSSR count). The third kappa shape index (κ3) is 1.98. The summed E-state index contributed by atoms with van der Waals surface area (Å²) in [4.78, 5) is 7.09. The lowest BCUT2D eigenvalue weighted by Crippen LogP contribution is -2.70. The summed E-state index contributed by atoms with van der Waals surface area (Å²) < 4.78 is 0. The zero-order valence-electron chi connectivity index (χ0n) is 11.9. The molecule has 1 aromatic carbocycles. The van der Waals surface area contributed by atoms with Crippen LogP contribution in [0, 0.1) is 12.8 Å². The molecule has 0 spiro atoms. The molecule has 1 aromatic heterocycles.